The topological polar surface area (TPSA) is 130 Å². The molecule has 0 saturated carbocycles. The molecule has 0 aliphatic carbocycles. The lowest BCUT2D eigenvalue weighted by atomic mass is 10.2. The van der Waals surface area contributed by atoms with Gasteiger partial charge >= 0.3 is 0 Å². The van der Waals surface area contributed by atoms with Crippen molar-refractivity contribution < 1.29 is 22.9 Å². The molecule has 2 aromatic carbocycles. The van der Waals surface area contributed by atoms with Crippen LogP contribution in [0.5, 0.6) is 0 Å². The van der Waals surface area contributed by atoms with Gasteiger partial charge in [0.15, 0.2) is 0 Å². The summed E-state index contributed by atoms with van der Waals surface area (Å²) in [6.07, 6.45) is 0. The summed E-state index contributed by atoms with van der Waals surface area (Å²) in [6.45, 7) is 2.30. The van der Waals surface area contributed by atoms with Gasteiger partial charge in [0, 0.05) is 49.8 Å². The zero-order chi connectivity index (χ0) is 22.8. The third-order valence-corrected chi connectivity index (χ3v) is 6.95. The van der Waals surface area contributed by atoms with Crippen LogP contribution >= 0.6 is 11.6 Å². The first-order valence-corrected chi connectivity index (χ1v) is 11.0. The molecular formula is C19H19ClN4O6S. The molecule has 0 radical (unpaired) electrons. The highest BCUT2D eigenvalue weighted by atomic mass is 35.5. The Kier molecular flexibility index (Phi) is 6.58. The van der Waals surface area contributed by atoms with Crippen LogP contribution < -0.4 is 5.32 Å². The average Bonchev–Trinajstić information content (AvgIpc) is 2.75. The average molecular weight is 467 g/mol. The van der Waals surface area contributed by atoms with Crippen molar-refractivity contribution >= 4 is 44.8 Å². The van der Waals surface area contributed by atoms with Gasteiger partial charge in [-0.15, -0.1) is 0 Å². The van der Waals surface area contributed by atoms with Crippen molar-refractivity contribution in [2.75, 3.05) is 31.5 Å². The first-order chi connectivity index (χ1) is 14.6. The highest BCUT2D eigenvalue weighted by Crippen LogP contribution is 2.28. The van der Waals surface area contributed by atoms with Crippen LogP contribution in [0, 0.1) is 10.1 Å². The maximum Gasteiger partial charge on any atom is 0.294 e. The van der Waals surface area contributed by atoms with E-state index < -0.39 is 20.9 Å². The number of sulfonamides is 1. The van der Waals surface area contributed by atoms with Crippen molar-refractivity contribution in [2.45, 2.75) is 11.8 Å². The zero-order valence-corrected chi connectivity index (χ0v) is 18.0. The van der Waals surface area contributed by atoms with Crippen LogP contribution in [0.1, 0.15) is 17.3 Å². The number of carbonyl (C=O) groups is 2. The number of rotatable bonds is 5. The first-order valence-electron chi connectivity index (χ1n) is 9.20. The van der Waals surface area contributed by atoms with E-state index in [1.165, 1.54) is 47.6 Å². The number of amides is 2. The monoisotopic (exact) mass is 466 g/mol. The molecule has 0 atom stereocenters. The Labute approximate surface area is 183 Å². The zero-order valence-electron chi connectivity index (χ0n) is 16.4. The van der Waals surface area contributed by atoms with Crippen LogP contribution in [0.4, 0.5) is 11.4 Å². The van der Waals surface area contributed by atoms with Gasteiger partial charge in [0.05, 0.1) is 9.82 Å². The summed E-state index contributed by atoms with van der Waals surface area (Å²) in [7, 11) is -3.88. The predicted octanol–water partition coefficient (Wildman–Crippen LogP) is 2.35. The number of nitrogens with one attached hydrogen (secondary N) is 1. The van der Waals surface area contributed by atoms with Crippen molar-refractivity contribution in [1.82, 2.24) is 9.21 Å². The van der Waals surface area contributed by atoms with E-state index in [4.69, 9.17) is 11.6 Å². The van der Waals surface area contributed by atoms with Crippen molar-refractivity contribution in [1.29, 1.82) is 0 Å². The van der Waals surface area contributed by atoms with Gasteiger partial charge in [0.1, 0.15) is 5.69 Å². The van der Waals surface area contributed by atoms with E-state index >= 15 is 0 Å². The standard InChI is InChI=1S/C19H19ClN4O6S/c1-13(25)22-7-9-23(10-8-22)31(29,30)16-4-2-3-14(11-16)19(26)21-17-6-5-15(20)12-18(17)24(27)28/h2-6,11-12H,7-10H2,1H3,(H,21,26). The highest BCUT2D eigenvalue weighted by Gasteiger charge is 2.29. The molecule has 0 spiro atoms. The number of anilines is 1. The fraction of sp³-hybridized carbons (Fsp3) is 0.263. The van der Waals surface area contributed by atoms with E-state index in [9.17, 15) is 28.1 Å². The first kappa shape index (κ1) is 22.7. The van der Waals surface area contributed by atoms with Crippen LogP contribution in [-0.2, 0) is 14.8 Å². The number of benzene rings is 2. The van der Waals surface area contributed by atoms with Crippen LogP contribution in [-0.4, -0.2) is 60.5 Å². The largest absolute Gasteiger partial charge is 0.340 e. The Bertz CT molecular complexity index is 1150. The molecule has 0 unspecified atom stereocenters. The SMILES string of the molecule is CC(=O)N1CCN(S(=O)(=O)c2cccc(C(=O)Nc3ccc(Cl)cc3[N+](=O)[O-])c2)CC1. The number of carbonyl (C=O) groups excluding carboxylic acids is 2. The maximum absolute atomic E-state index is 13.0. The van der Waals surface area contributed by atoms with E-state index in [1.54, 1.807) is 4.90 Å². The highest BCUT2D eigenvalue weighted by molar-refractivity contribution is 7.89. The molecule has 164 valence electrons. The summed E-state index contributed by atoms with van der Waals surface area (Å²) >= 11 is 5.78. The van der Waals surface area contributed by atoms with Crippen molar-refractivity contribution in [3.8, 4) is 0 Å². The molecular weight excluding hydrogens is 448 g/mol. The second kappa shape index (κ2) is 9.00. The second-order valence-electron chi connectivity index (χ2n) is 6.81. The van der Waals surface area contributed by atoms with Crippen molar-refractivity contribution in [3.05, 3.63) is 63.2 Å². The predicted molar refractivity (Wildman–Crippen MR) is 114 cm³/mol. The van der Waals surface area contributed by atoms with Crippen LogP contribution in [0.25, 0.3) is 0 Å². The van der Waals surface area contributed by atoms with Crippen LogP contribution in [0.3, 0.4) is 0 Å². The third kappa shape index (κ3) is 5.01. The lowest BCUT2D eigenvalue weighted by Crippen LogP contribution is -2.49. The summed E-state index contributed by atoms with van der Waals surface area (Å²) < 4.78 is 27.2. The van der Waals surface area contributed by atoms with E-state index in [0.717, 1.165) is 6.07 Å². The Hall–Kier alpha value is -3.02. The fourth-order valence-corrected chi connectivity index (χ4v) is 4.78. The minimum atomic E-state index is -3.88. The summed E-state index contributed by atoms with van der Waals surface area (Å²) in [5, 5.41) is 13.8. The molecule has 1 N–H and O–H groups in total. The quantitative estimate of drug-likeness (QED) is 0.531. The summed E-state index contributed by atoms with van der Waals surface area (Å²) in [5.41, 5.74) is -0.423. The molecule has 1 fully saturated rings. The molecule has 1 heterocycles. The van der Waals surface area contributed by atoms with Crippen LogP contribution in [0.15, 0.2) is 47.4 Å². The number of hydrogen-bond donors (Lipinski definition) is 1. The maximum atomic E-state index is 13.0. The van der Waals surface area contributed by atoms with Crippen molar-refractivity contribution in [3.63, 3.8) is 0 Å². The van der Waals surface area contributed by atoms with Gasteiger partial charge < -0.3 is 10.2 Å². The van der Waals surface area contributed by atoms with Crippen molar-refractivity contribution in [2.24, 2.45) is 0 Å². The third-order valence-electron chi connectivity index (χ3n) is 4.82. The Balaban J connectivity index is 1.81. The Morgan fingerprint density at radius 2 is 1.77 bits per heavy atom. The number of halogens is 1. The van der Waals surface area contributed by atoms with Gasteiger partial charge in [0.2, 0.25) is 15.9 Å². The second-order valence-corrected chi connectivity index (χ2v) is 9.19. The van der Waals surface area contributed by atoms with E-state index in [0.29, 0.717) is 0 Å². The lowest BCUT2D eigenvalue weighted by Gasteiger charge is -2.33. The Morgan fingerprint density at radius 3 is 2.39 bits per heavy atom. The normalized spacial score (nSPS) is 14.8. The van der Waals surface area contributed by atoms with Gasteiger partial charge in [-0.3, -0.25) is 19.7 Å². The molecule has 2 aromatic rings. The van der Waals surface area contributed by atoms with Gasteiger partial charge in [-0.1, -0.05) is 17.7 Å². The van der Waals surface area contributed by atoms with E-state index in [-0.39, 0.29) is 58.9 Å². The molecule has 3 rings (SSSR count). The minimum Gasteiger partial charge on any atom is -0.340 e. The molecule has 1 aliphatic rings. The number of nitrogens with zero attached hydrogens (tertiary/aromatic N) is 3. The van der Waals surface area contributed by atoms with Gasteiger partial charge in [0.25, 0.3) is 11.6 Å². The smallest absolute Gasteiger partial charge is 0.294 e. The molecule has 12 heteroatoms. The molecule has 10 nitrogen and oxygen atoms in total. The van der Waals surface area contributed by atoms with E-state index in [1.807, 2.05) is 0 Å². The summed E-state index contributed by atoms with van der Waals surface area (Å²) in [6, 6.07) is 9.21. The number of nitro benzene ring substituents is 1. The molecule has 31 heavy (non-hydrogen) atoms. The summed E-state index contributed by atoms with van der Waals surface area (Å²) in [5.74, 6) is -0.823. The molecule has 1 saturated heterocycles. The number of piperazine rings is 1. The van der Waals surface area contributed by atoms with Gasteiger partial charge in [-0.05, 0) is 30.3 Å². The number of nitro groups is 1. The summed E-state index contributed by atoms with van der Waals surface area (Å²) in [4.78, 5) is 36.1. The van der Waals surface area contributed by atoms with Gasteiger partial charge in [-0.25, -0.2) is 8.42 Å². The molecule has 0 bridgehead atoms. The van der Waals surface area contributed by atoms with E-state index in [2.05, 4.69) is 5.32 Å². The van der Waals surface area contributed by atoms with Crippen LogP contribution in [0.2, 0.25) is 5.02 Å². The Morgan fingerprint density at radius 1 is 1.10 bits per heavy atom. The number of hydrogen-bond acceptors (Lipinski definition) is 6. The molecule has 2 amide bonds. The molecule has 0 aromatic heterocycles. The minimum absolute atomic E-state index is 0.0210. The van der Waals surface area contributed by atoms with Gasteiger partial charge in [-0.2, -0.15) is 4.31 Å². The lowest BCUT2D eigenvalue weighted by molar-refractivity contribution is -0.383. The fourth-order valence-electron chi connectivity index (χ4n) is 3.15. The molecule has 1 aliphatic heterocycles.